The lowest BCUT2D eigenvalue weighted by Crippen LogP contribution is -2.33. The van der Waals surface area contributed by atoms with Crippen LogP contribution in [0.5, 0.6) is 11.5 Å². The number of ether oxygens (including phenoxy) is 2. The summed E-state index contributed by atoms with van der Waals surface area (Å²) in [7, 11) is 1.59. The van der Waals surface area contributed by atoms with E-state index in [-0.39, 0.29) is 11.8 Å². The van der Waals surface area contributed by atoms with Crippen LogP contribution in [0.4, 0.5) is 5.69 Å². The second-order valence-corrected chi connectivity index (χ2v) is 5.95. The fraction of sp³-hybridized carbons (Fsp3) is 0.333. The molecular weight excluding hydrogens is 344 g/mol. The van der Waals surface area contributed by atoms with Gasteiger partial charge in [-0.05, 0) is 57.2 Å². The normalized spacial score (nSPS) is 11.4. The Morgan fingerprint density at radius 3 is 2.19 bits per heavy atom. The molecule has 2 rings (SSSR count). The van der Waals surface area contributed by atoms with Gasteiger partial charge in [0.05, 0.1) is 18.4 Å². The van der Waals surface area contributed by atoms with E-state index in [1.807, 2.05) is 13.8 Å². The van der Waals surface area contributed by atoms with Gasteiger partial charge in [-0.3, -0.25) is 9.59 Å². The Bertz CT molecular complexity index is 770. The zero-order valence-corrected chi connectivity index (χ0v) is 16.2. The van der Waals surface area contributed by atoms with Crippen LogP contribution in [0.1, 0.15) is 31.1 Å². The van der Waals surface area contributed by atoms with E-state index in [0.29, 0.717) is 35.8 Å². The number of amides is 2. The Morgan fingerprint density at radius 1 is 1.00 bits per heavy atom. The van der Waals surface area contributed by atoms with Crippen molar-refractivity contribution in [2.24, 2.45) is 0 Å². The minimum atomic E-state index is -0.727. The predicted octanol–water partition coefficient (Wildman–Crippen LogP) is 3.58. The van der Waals surface area contributed by atoms with Crippen molar-refractivity contribution < 1.29 is 19.1 Å². The van der Waals surface area contributed by atoms with E-state index in [1.54, 1.807) is 67.5 Å². The average molecular weight is 370 g/mol. The maximum absolute atomic E-state index is 12.7. The van der Waals surface area contributed by atoms with Crippen LogP contribution in [0.3, 0.4) is 0 Å². The summed E-state index contributed by atoms with van der Waals surface area (Å²) in [6, 6.07) is 14.0. The number of methoxy groups -OCH3 is 1. The molecule has 6 nitrogen and oxygen atoms in total. The van der Waals surface area contributed by atoms with Crippen LogP contribution in [0.25, 0.3) is 0 Å². The molecule has 0 spiro atoms. The first-order valence-corrected chi connectivity index (χ1v) is 9.00. The Labute approximate surface area is 160 Å². The second kappa shape index (κ2) is 9.62. The molecule has 1 atom stereocenters. The molecular formula is C21H26N2O4. The lowest BCUT2D eigenvalue weighted by Gasteiger charge is -2.21. The molecule has 0 aliphatic carbocycles. The Balaban J connectivity index is 2.09. The maximum Gasteiger partial charge on any atom is 0.265 e. The van der Waals surface area contributed by atoms with Crippen molar-refractivity contribution in [3.8, 4) is 11.5 Å². The third-order valence-electron chi connectivity index (χ3n) is 4.21. The monoisotopic (exact) mass is 370 g/mol. The molecule has 0 saturated heterocycles. The highest BCUT2D eigenvalue weighted by Crippen LogP contribution is 2.20. The van der Waals surface area contributed by atoms with Crippen molar-refractivity contribution in [1.29, 1.82) is 0 Å². The SMILES string of the molecule is CCN(CC)C(=O)c1ccccc1NC(=O)[C@@H](C)Oc1ccc(OC)cc1. The molecule has 144 valence electrons. The smallest absolute Gasteiger partial charge is 0.265 e. The predicted molar refractivity (Wildman–Crippen MR) is 105 cm³/mol. The molecule has 0 unspecified atom stereocenters. The zero-order valence-electron chi connectivity index (χ0n) is 16.2. The van der Waals surface area contributed by atoms with Crippen LogP contribution >= 0.6 is 0 Å². The minimum absolute atomic E-state index is 0.111. The molecule has 0 aliphatic rings. The lowest BCUT2D eigenvalue weighted by atomic mass is 10.1. The van der Waals surface area contributed by atoms with E-state index in [1.165, 1.54) is 0 Å². The summed E-state index contributed by atoms with van der Waals surface area (Å²) >= 11 is 0. The summed E-state index contributed by atoms with van der Waals surface area (Å²) in [6.07, 6.45) is -0.727. The van der Waals surface area contributed by atoms with Crippen molar-refractivity contribution in [2.45, 2.75) is 26.9 Å². The van der Waals surface area contributed by atoms with Gasteiger partial charge in [-0.25, -0.2) is 0 Å². The molecule has 0 aliphatic heterocycles. The first kappa shape index (κ1) is 20.3. The van der Waals surface area contributed by atoms with E-state index < -0.39 is 6.10 Å². The van der Waals surface area contributed by atoms with E-state index in [9.17, 15) is 9.59 Å². The van der Waals surface area contributed by atoms with Crippen LogP contribution in [0.2, 0.25) is 0 Å². The largest absolute Gasteiger partial charge is 0.497 e. The summed E-state index contributed by atoms with van der Waals surface area (Å²) in [5.74, 6) is 0.833. The first-order chi connectivity index (χ1) is 13.0. The van der Waals surface area contributed by atoms with Gasteiger partial charge >= 0.3 is 0 Å². The van der Waals surface area contributed by atoms with Crippen LogP contribution in [0, 0.1) is 0 Å². The van der Waals surface area contributed by atoms with Gasteiger partial charge in [0.1, 0.15) is 11.5 Å². The lowest BCUT2D eigenvalue weighted by molar-refractivity contribution is -0.122. The molecule has 2 aromatic carbocycles. The zero-order chi connectivity index (χ0) is 19.8. The number of carbonyl (C=O) groups excluding carboxylic acids is 2. The van der Waals surface area contributed by atoms with Crippen molar-refractivity contribution in [1.82, 2.24) is 4.90 Å². The molecule has 0 bridgehead atoms. The van der Waals surface area contributed by atoms with Gasteiger partial charge in [-0.2, -0.15) is 0 Å². The Kier molecular flexibility index (Phi) is 7.23. The van der Waals surface area contributed by atoms with Crippen LogP contribution in [0.15, 0.2) is 48.5 Å². The highest BCUT2D eigenvalue weighted by molar-refractivity contribution is 6.04. The number of benzene rings is 2. The molecule has 0 heterocycles. The Morgan fingerprint density at radius 2 is 1.59 bits per heavy atom. The first-order valence-electron chi connectivity index (χ1n) is 9.00. The fourth-order valence-electron chi connectivity index (χ4n) is 2.61. The van der Waals surface area contributed by atoms with Gasteiger partial charge in [0.15, 0.2) is 6.10 Å². The number of para-hydroxylation sites is 1. The molecule has 6 heteroatoms. The quantitative estimate of drug-likeness (QED) is 0.771. The van der Waals surface area contributed by atoms with Gasteiger partial charge in [0, 0.05) is 13.1 Å². The molecule has 0 aromatic heterocycles. The average Bonchev–Trinajstić information content (AvgIpc) is 2.69. The van der Waals surface area contributed by atoms with Gasteiger partial charge in [-0.1, -0.05) is 12.1 Å². The van der Waals surface area contributed by atoms with Crippen LogP contribution < -0.4 is 14.8 Å². The topological polar surface area (TPSA) is 67.9 Å². The number of hydrogen-bond acceptors (Lipinski definition) is 4. The van der Waals surface area contributed by atoms with E-state index in [4.69, 9.17) is 9.47 Å². The summed E-state index contributed by atoms with van der Waals surface area (Å²) in [5.41, 5.74) is 0.941. The molecule has 1 N–H and O–H groups in total. The third kappa shape index (κ3) is 5.23. The van der Waals surface area contributed by atoms with Crippen molar-refractivity contribution in [3.05, 3.63) is 54.1 Å². The number of nitrogens with zero attached hydrogens (tertiary/aromatic N) is 1. The molecule has 2 amide bonds. The van der Waals surface area contributed by atoms with Gasteiger partial charge in [0.2, 0.25) is 0 Å². The molecule has 0 saturated carbocycles. The highest BCUT2D eigenvalue weighted by atomic mass is 16.5. The third-order valence-corrected chi connectivity index (χ3v) is 4.21. The summed E-state index contributed by atoms with van der Waals surface area (Å²) in [5, 5.41) is 2.80. The number of rotatable bonds is 8. The van der Waals surface area contributed by atoms with Crippen molar-refractivity contribution in [3.63, 3.8) is 0 Å². The number of hydrogen-bond donors (Lipinski definition) is 1. The minimum Gasteiger partial charge on any atom is -0.497 e. The van der Waals surface area contributed by atoms with Crippen LogP contribution in [-0.2, 0) is 4.79 Å². The van der Waals surface area contributed by atoms with E-state index in [2.05, 4.69) is 5.32 Å². The van der Waals surface area contributed by atoms with Gasteiger partial charge < -0.3 is 19.7 Å². The molecule has 0 radical (unpaired) electrons. The number of anilines is 1. The summed E-state index contributed by atoms with van der Waals surface area (Å²) < 4.78 is 10.8. The molecule has 27 heavy (non-hydrogen) atoms. The summed E-state index contributed by atoms with van der Waals surface area (Å²) in [4.78, 5) is 26.9. The number of nitrogens with one attached hydrogen (secondary N) is 1. The van der Waals surface area contributed by atoms with E-state index in [0.717, 1.165) is 0 Å². The van der Waals surface area contributed by atoms with E-state index >= 15 is 0 Å². The second-order valence-electron chi connectivity index (χ2n) is 5.95. The summed E-state index contributed by atoms with van der Waals surface area (Å²) in [6.45, 7) is 6.72. The maximum atomic E-state index is 12.7. The van der Waals surface area contributed by atoms with Gasteiger partial charge in [0.25, 0.3) is 11.8 Å². The Hall–Kier alpha value is -3.02. The number of carbonyl (C=O) groups is 2. The fourth-order valence-corrected chi connectivity index (χ4v) is 2.61. The van der Waals surface area contributed by atoms with Crippen molar-refractivity contribution >= 4 is 17.5 Å². The highest BCUT2D eigenvalue weighted by Gasteiger charge is 2.20. The standard InChI is InChI=1S/C21H26N2O4/c1-5-23(6-2)21(25)18-9-7-8-10-19(18)22-20(24)15(3)27-17-13-11-16(26-4)12-14-17/h7-15H,5-6H2,1-4H3,(H,22,24)/t15-/m1/s1. The van der Waals surface area contributed by atoms with Crippen LogP contribution in [-0.4, -0.2) is 43.0 Å². The van der Waals surface area contributed by atoms with Gasteiger partial charge in [-0.15, -0.1) is 0 Å². The molecule has 0 fully saturated rings. The molecule has 2 aromatic rings. The van der Waals surface area contributed by atoms with Crippen molar-refractivity contribution in [2.75, 3.05) is 25.5 Å².